The van der Waals surface area contributed by atoms with Crippen LogP contribution >= 0.6 is 0 Å². The van der Waals surface area contributed by atoms with E-state index in [0.717, 1.165) is 43.8 Å². The summed E-state index contributed by atoms with van der Waals surface area (Å²) >= 11 is 0. The number of carbonyl (C=O) groups excluding carboxylic acids is 2. The van der Waals surface area contributed by atoms with Crippen LogP contribution in [0.15, 0.2) is 35.1 Å². The van der Waals surface area contributed by atoms with Gasteiger partial charge in [-0.15, -0.1) is 0 Å². The topological polar surface area (TPSA) is 94.8 Å². The third-order valence-electron chi connectivity index (χ3n) is 7.48. The Morgan fingerprint density at radius 3 is 2.56 bits per heavy atom. The maximum atomic E-state index is 12.5. The number of aliphatic hydroxyl groups is 3. The van der Waals surface area contributed by atoms with E-state index in [4.69, 9.17) is 0 Å². The number of Topliss-reactive ketones (excluding diaryl/α,β-unsaturated/α-hetero) is 1. The molecule has 0 aliphatic heterocycles. The van der Waals surface area contributed by atoms with Crippen molar-refractivity contribution in [1.29, 1.82) is 0 Å². The minimum absolute atomic E-state index is 0.0274. The van der Waals surface area contributed by atoms with Crippen molar-refractivity contribution < 1.29 is 24.9 Å². The van der Waals surface area contributed by atoms with E-state index in [-0.39, 0.29) is 40.9 Å². The molecule has 0 unspecified atom stereocenters. The van der Waals surface area contributed by atoms with Crippen LogP contribution in [0.3, 0.4) is 0 Å². The zero-order valence-corrected chi connectivity index (χ0v) is 16.3. The van der Waals surface area contributed by atoms with Crippen LogP contribution in [0.2, 0.25) is 0 Å². The zero-order chi connectivity index (χ0) is 20.0. The molecule has 0 radical (unpaired) electrons. The minimum atomic E-state index is -0.668. The largest absolute Gasteiger partial charge is 0.504 e. The normalized spacial score (nSPS) is 37.3. The molecule has 0 amide bonds. The monoisotopic (exact) mass is 374 g/mol. The van der Waals surface area contributed by atoms with Crippen LogP contribution < -0.4 is 0 Å². The van der Waals surface area contributed by atoms with Crippen molar-refractivity contribution in [2.45, 2.75) is 52.4 Å². The van der Waals surface area contributed by atoms with Gasteiger partial charge >= 0.3 is 0 Å². The Bertz CT molecular complexity index is 746. The smallest absolute Gasteiger partial charge is 0.226 e. The van der Waals surface area contributed by atoms with Gasteiger partial charge in [0.2, 0.25) is 5.78 Å². The summed E-state index contributed by atoms with van der Waals surface area (Å²) in [5.41, 5.74) is 0.815. The van der Waals surface area contributed by atoms with Crippen molar-refractivity contribution in [3.8, 4) is 0 Å². The minimum Gasteiger partial charge on any atom is -0.504 e. The molecule has 0 bridgehead atoms. The highest BCUT2D eigenvalue weighted by atomic mass is 16.3. The Kier molecular flexibility index (Phi) is 5.21. The van der Waals surface area contributed by atoms with Gasteiger partial charge in [-0.05, 0) is 60.8 Å². The van der Waals surface area contributed by atoms with E-state index in [0.29, 0.717) is 5.92 Å². The lowest BCUT2D eigenvalue weighted by Crippen LogP contribution is -2.52. The SMILES string of the molecule is C=C1CC[C@H]2[C@@](C)(CO)CCC[C@]2(C)[C@H]1CC1=C(O)C(=O)C(CO)=CC1=O. The van der Waals surface area contributed by atoms with Crippen molar-refractivity contribution in [2.75, 3.05) is 13.2 Å². The van der Waals surface area contributed by atoms with E-state index in [2.05, 4.69) is 20.4 Å². The average molecular weight is 374 g/mol. The molecule has 2 saturated carbocycles. The second-order valence-corrected chi connectivity index (χ2v) is 9.03. The van der Waals surface area contributed by atoms with Gasteiger partial charge in [0, 0.05) is 17.8 Å². The molecule has 3 N–H and O–H groups in total. The summed E-state index contributed by atoms with van der Waals surface area (Å²) in [4.78, 5) is 24.7. The molecule has 0 aromatic heterocycles. The number of aliphatic hydroxyl groups excluding tert-OH is 3. The van der Waals surface area contributed by atoms with Gasteiger partial charge in [0.25, 0.3) is 0 Å². The van der Waals surface area contributed by atoms with Crippen LogP contribution in [0.5, 0.6) is 0 Å². The van der Waals surface area contributed by atoms with Gasteiger partial charge in [0.1, 0.15) is 0 Å². The summed E-state index contributed by atoms with van der Waals surface area (Å²) in [5.74, 6) is -1.33. The van der Waals surface area contributed by atoms with E-state index in [9.17, 15) is 24.9 Å². The van der Waals surface area contributed by atoms with Crippen molar-refractivity contribution in [2.24, 2.45) is 22.7 Å². The third kappa shape index (κ3) is 3.11. The number of carbonyl (C=O) groups is 2. The number of hydrogen-bond donors (Lipinski definition) is 3. The predicted octanol–water partition coefficient (Wildman–Crippen LogP) is 3.03. The number of fused-ring (bicyclic) bond motifs is 1. The fourth-order valence-electron chi connectivity index (χ4n) is 5.89. The molecular formula is C22H30O5. The fraction of sp³-hybridized carbons (Fsp3) is 0.636. The number of hydrogen-bond acceptors (Lipinski definition) is 5. The first-order valence-corrected chi connectivity index (χ1v) is 9.79. The first kappa shape index (κ1) is 20.0. The molecule has 2 fully saturated rings. The highest BCUT2D eigenvalue weighted by Gasteiger charge is 2.54. The maximum absolute atomic E-state index is 12.5. The summed E-state index contributed by atoms with van der Waals surface area (Å²) in [6.45, 7) is 8.18. The molecule has 27 heavy (non-hydrogen) atoms. The molecule has 3 aliphatic carbocycles. The molecule has 3 aliphatic rings. The molecule has 3 rings (SSSR count). The summed E-state index contributed by atoms with van der Waals surface area (Å²) in [6, 6.07) is 0. The molecule has 4 atom stereocenters. The second-order valence-electron chi connectivity index (χ2n) is 9.03. The molecular weight excluding hydrogens is 344 g/mol. The Labute approximate surface area is 160 Å². The second kappa shape index (κ2) is 7.02. The van der Waals surface area contributed by atoms with Gasteiger partial charge in [0.05, 0.1) is 6.61 Å². The number of rotatable bonds is 4. The summed E-state index contributed by atoms with van der Waals surface area (Å²) in [5, 5.41) is 29.6. The van der Waals surface area contributed by atoms with Gasteiger partial charge in [-0.25, -0.2) is 0 Å². The number of allylic oxidation sites excluding steroid dienone is 4. The van der Waals surface area contributed by atoms with E-state index < -0.39 is 23.9 Å². The summed E-state index contributed by atoms with van der Waals surface area (Å²) < 4.78 is 0. The van der Waals surface area contributed by atoms with E-state index in [1.54, 1.807) is 0 Å². The standard InChI is InChI=1S/C22H30O5/c1-13-5-6-18-21(2,12-24)7-4-8-22(18,3)16(13)10-15-17(25)9-14(11-23)19(26)20(15)27/h9,16,18,23-24,27H,1,4-8,10-12H2,2-3H3/t16-,18-,21+,22+/m0/s1. The van der Waals surface area contributed by atoms with Crippen LogP contribution in [0.25, 0.3) is 0 Å². The Morgan fingerprint density at radius 1 is 1.22 bits per heavy atom. The molecule has 0 spiro atoms. The Balaban J connectivity index is 1.96. The van der Waals surface area contributed by atoms with Gasteiger partial charge in [-0.3, -0.25) is 9.59 Å². The van der Waals surface area contributed by atoms with E-state index in [1.165, 1.54) is 0 Å². The summed E-state index contributed by atoms with van der Waals surface area (Å²) in [6.07, 6.45) is 6.17. The lowest BCUT2D eigenvalue weighted by molar-refractivity contribution is -0.118. The lowest BCUT2D eigenvalue weighted by atomic mass is 9.46. The first-order valence-electron chi connectivity index (χ1n) is 9.79. The first-order chi connectivity index (χ1) is 12.7. The number of ketones is 2. The molecule has 5 heteroatoms. The molecule has 0 heterocycles. The van der Waals surface area contributed by atoms with Gasteiger partial charge in [-0.2, -0.15) is 0 Å². The third-order valence-corrected chi connectivity index (χ3v) is 7.48. The van der Waals surface area contributed by atoms with Gasteiger partial charge in [-0.1, -0.05) is 32.4 Å². The van der Waals surface area contributed by atoms with Crippen molar-refractivity contribution >= 4 is 11.6 Å². The highest BCUT2D eigenvalue weighted by molar-refractivity contribution is 6.21. The van der Waals surface area contributed by atoms with Crippen LogP contribution in [0.1, 0.15) is 52.4 Å². The molecule has 148 valence electrons. The van der Waals surface area contributed by atoms with Crippen molar-refractivity contribution in [3.63, 3.8) is 0 Å². The fourth-order valence-corrected chi connectivity index (χ4v) is 5.89. The lowest BCUT2D eigenvalue weighted by Gasteiger charge is -2.58. The van der Waals surface area contributed by atoms with Crippen LogP contribution in [0.4, 0.5) is 0 Å². The quantitative estimate of drug-likeness (QED) is 0.519. The van der Waals surface area contributed by atoms with Crippen LogP contribution in [-0.2, 0) is 9.59 Å². The van der Waals surface area contributed by atoms with Crippen LogP contribution in [0, 0.1) is 22.7 Å². The zero-order valence-electron chi connectivity index (χ0n) is 16.3. The molecule has 0 aromatic rings. The average Bonchev–Trinajstić information content (AvgIpc) is 2.63. The van der Waals surface area contributed by atoms with Crippen molar-refractivity contribution in [1.82, 2.24) is 0 Å². The maximum Gasteiger partial charge on any atom is 0.226 e. The molecule has 0 saturated heterocycles. The van der Waals surface area contributed by atoms with Gasteiger partial charge < -0.3 is 15.3 Å². The van der Waals surface area contributed by atoms with E-state index >= 15 is 0 Å². The van der Waals surface area contributed by atoms with Crippen molar-refractivity contribution in [3.05, 3.63) is 35.1 Å². The Hall–Kier alpha value is -1.72. The Morgan fingerprint density at radius 2 is 1.93 bits per heavy atom. The van der Waals surface area contributed by atoms with E-state index in [1.807, 2.05) is 0 Å². The van der Waals surface area contributed by atoms with Gasteiger partial charge in [0.15, 0.2) is 11.5 Å². The molecule has 0 aromatic carbocycles. The van der Waals surface area contributed by atoms with Crippen LogP contribution in [-0.4, -0.2) is 40.1 Å². The predicted molar refractivity (Wildman–Crippen MR) is 102 cm³/mol. The summed E-state index contributed by atoms with van der Waals surface area (Å²) in [7, 11) is 0. The molecule has 5 nitrogen and oxygen atoms in total. The highest BCUT2D eigenvalue weighted by Crippen LogP contribution is 2.62.